The zero-order valence-electron chi connectivity index (χ0n) is 9.82. The van der Waals surface area contributed by atoms with Gasteiger partial charge in [0.15, 0.2) is 0 Å². The molecule has 0 fully saturated rings. The number of benzene rings is 1. The summed E-state index contributed by atoms with van der Waals surface area (Å²) < 4.78 is 1.24. The molecule has 0 saturated heterocycles. The normalized spacial score (nSPS) is 12.6. The van der Waals surface area contributed by atoms with E-state index in [1.165, 1.54) is 15.6 Å². The van der Waals surface area contributed by atoms with E-state index in [4.69, 9.17) is 0 Å². The predicted molar refractivity (Wildman–Crippen MR) is 78.8 cm³/mol. The Hall–Kier alpha value is -0.640. The molecule has 0 amide bonds. The maximum absolute atomic E-state index is 3.61. The van der Waals surface area contributed by atoms with Crippen LogP contribution in [-0.2, 0) is 6.42 Å². The van der Waals surface area contributed by atoms with Crippen LogP contribution in [0.15, 0.2) is 45.6 Å². The minimum absolute atomic E-state index is 0.534. The Morgan fingerprint density at radius 2 is 2.00 bits per heavy atom. The van der Waals surface area contributed by atoms with Crippen molar-refractivity contribution in [2.24, 2.45) is 0 Å². The molecule has 0 aliphatic heterocycles. The Bertz CT molecular complexity index is 452. The summed E-state index contributed by atoms with van der Waals surface area (Å²) in [5, 5.41) is 7.67. The molecule has 1 nitrogen and oxygen atoms in total. The molecule has 2 aromatic rings. The van der Waals surface area contributed by atoms with E-state index in [1.807, 2.05) is 7.05 Å². The van der Waals surface area contributed by atoms with Gasteiger partial charge in [-0.15, -0.1) is 0 Å². The molecule has 0 saturated carbocycles. The smallest absolute Gasteiger partial charge is 0.0314 e. The lowest BCUT2D eigenvalue weighted by Gasteiger charge is -2.16. The fourth-order valence-corrected chi connectivity index (χ4v) is 3.48. The lowest BCUT2D eigenvalue weighted by atomic mass is 9.93. The maximum atomic E-state index is 3.61. The van der Waals surface area contributed by atoms with Crippen molar-refractivity contribution in [3.8, 4) is 0 Å². The van der Waals surface area contributed by atoms with Crippen LogP contribution in [0, 0.1) is 0 Å². The predicted octanol–water partition coefficient (Wildman–Crippen LogP) is 4.06. The number of rotatable bonds is 5. The van der Waals surface area contributed by atoms with Crippen molar-refractivity contribution in [1.82, 2.24) is 5.32 Å². The van der Waals surface area contributed by atoms with E-state index in [9.17, 15) is 0 Å². The number of nitrogens with one attached hydrogen (secondary N) is 1. The number of hydrogen-bond donors (Lipinski definition) is 1. The molecule has 1 aromatic carbocycles. The van der Waals surface area contributed by atoms with Crippen LogP contribution >= 0.6 is 27.3 Å². The standard InChI is InChI=1S/C14H16BrNS/c1-16-8-12(11-5-3-2-4-6-11)7-13-9-17-10-14(13)15/h2-6,9-10,12,16H,7-8H2,1H3. The summed E-state index contributed by atoms with van der Waals surface area (Å²) in [7, 11) is 2.01. The summed E-state index contributed by atoms with van der Waals surface area (Å²) in [6.45, 7) is 1.01. The minimum atomic E-state index is 0.534. The molecule has 1 heterocycles. The first-order valence-corrected chi connectivity index (χ1v) is 7.45. The average Bonchev–Trinajstić information content (AvgIpc) is 2.76. The molecule has 3 heteroatoms. The molecule has 1 unspecified atom stereocenters. The van der Waals surface area contributed by atoms with Crippen LogP contribution in [0.3, 0.4) is 0 Å². The number of thiophene rings is 1. The third kappa shape index (κ3) is 3.41. The number of hydrogen-bond acceptors (Lipinski definition) is 2. The third-order valence-electron chi connectivity index (χ3n) is 2.88. The van der Waals surface area contributed by atoms with Crippen LogP contribution in [0.4, 0.5) is 0 Å². The molecule has 1 N–H and O–H groups in total. The van der Waals surface area contributed by atoms with Crippen molar-refractivity contribution in [1.29, 1.82) is 0 Å². The van der Waals surface area contributed by atoms with Gasteiger partial charge in [0.25, 0.3) is 0 Å². The van der Waals surface area contributed by atoms with Gasteiger partial charge >= 0.3 is 0 Å². The molecule has 0 spiro atoms. The SMILES string of the molecule is CNCC(Cc1cscc1Br)c1ccccc1. The van der Waals surface area contributed by atoms with Crippen LogP contribution in [0.5, 0.6) is 0 Å². The highest BCUT2D eigenvalue weighted by Gasteiger charge is 2.13. The van der Waals surface area contributed by atoms with Gasteiger partial charge in [0.2, 0.25) is 0 Å². The van der Waals surface area contributed by atoms with E-state index in [0.717, 1.165) is 13.0 Å². The quantitative estimate of drug-likeness (QED) is 0.878. The summed E-state index contributed by atoms with van der Waals surface area (Å²) >= 11 is 5.36. The molecule has 90 valence electrons. The number of likely N-dealkylation sites (N-methyl/N-ethyl adjacent to an activating group) is 1. The Morgan fingerprint density at radius 3 is 2.59 bits per heavy atom. The van der Waals surface area contributed by atoms with Gasteiger partial charge in [-0.05, 0) is 45.9 Å². The Kier molecular flexibility index (Phi) is 4.77. The largest absolute Gasteiger partial charge is 0.319 e. The van der Waals surface area contributed by atoms with Crippen LogP contribution in [-0.4, -0.2) is 13.6 Å². The van der Waals surface area contributed by atoms with Gasteiger partial charge in [-0.1, -0.05) is 30.3 Å². The summed E-state index contributed by atoms with van der Waals surface area (Å²) in [5.74, 6) is 0.534. The van der Waals surface area contributed by atoms with Crippen molar-refractivity contribution in [3.05, 3.63) is 56.7 Å². The maximum Gasteiger partial charge on any atom is 0.0314 e. The Balaban J connectivity index is 2.16. The molecular formula is C14H16BrNS. The number of halogens is 1. The second-order valence-corrected chi connectivity index (χ2v) is 5.71. The van der Waals surface area contributed by atoms with Crippen LogP contribution < -0.4 is 5.32 Å². The first kappa shape index (κ1) is 12.8. The third-order valence-corrected chi connectivity index (χ3v) is 4.71. The van der Waals surface area contributed by atoms with E-state index >= 15 is 0 Å². The topological polar surface area (TPSA) is 12.0 Å². The molecule has 0 aliphatic rings. The fourth-order valence-electron chi connectivity index (χ4n) is 2.00. The molecule has 0 radical (unpaired) electrons. The average molecular weight is 310 g/mol. The van der Waals surface area contributed by atoms with Gasteiger partial charge in [-0.25, -0.2) is 0 Å². The zero-order valence-corrected chi connectivity index (χ0v) is 12.2. The lowest BCUT2D eigenvalue weighted by molar-refractivity contribution is 0.625. The molecular weight excluding hydrogens is 294 g/mol. The highest BCUT2D eigenvalue weighted by molar-refractivity contribution is 9.10. The van der Waals surface area contributed by atoms with E-state index in [0.29, 0.717) is 5.92 Å². The molecule has 17 heavy (non-hydrogen) atoms. The second kappa shape index (κ2) is 6.34. The van der Waals surface area contributed by atoms with E-state index < -0.39 is 0 Å². The van der Waals surface area contributed by atoms with Gasteiger partial charge in [-0.3, -0.25) is 0 Å². The van der Waals surface area contributed by atoms with Crippen LogP contribution in [0.2, 0.25) is 0 Å². The first-order chi connectivity index (χ1) is 8.31. The summed E-state index contributed by atoms with van der Waals surface area (Å²) in [6, 6.07) is 10.7. The summed E-state index contributed by atoms with van der Waals surface area (Å²) in [6.07, 6.45) is 1.08. The van der Waals surface area contributed by atoms with Gasteiger partial charge in [0.05, 0.1) is 0 Å². The summed E-state index contributed by atoms with van der Waals surface area (Å²) in [4.78, 5) is 0. The van der Waals surface area contributed by atoms with Crippen molar-refractivity contribution in [2.75, 3.05) is 13.6 Å². The van der Waals surface area contributed by atoms with Crippen molar-refractivity contribution >= 4 is 27.3 Å². The lowest BCUT2D eigenvalue weighted by Crippen LogP contribution is -2.19. The molecule has 0 aliphatic carbocycles. The van der Waals surface area contributed by atoms with E-state index in [-0.39, 0.29) is 0 Å². The first-order valence-electron chi connectivity index (χ1n) is 5.71. The monoisotopic (exact) mass is 309 g/mol. The minimum Gasteiger partial charge on any atom is -0.319 e. The second-order valence-electron chi connectivity index (χ2n) is 4.11. The Morgan fingerprint density at radius 1 is 1.24 bits per heavy atom. The van der Waals surface area contributed by atoms with Crippen LogP contribution in [0.1, 0.15) is 17.0 Å². The van der Waals surface area contributed by atoms with Gasteiger partial charge < -0.3 is 5.32 Å². The molecule has 1 atom stereocenters. The fraction of sp³-hybridized carbons (Fsp3) is 0.286. The van der Waals surface area contributed by atoms with Crippen molar-refractivity contribution in [3.63, 3.8) is 0 Å². The highest BCUT2D eigenvalue weighted by Crippen LogP contribution is 2.27. The summed E-state index contributed by atoms with van der Waals surface area (Å²) in [5.41, 5.74) is 2.80. The van der Waals surface area contributed by atoms with Crippen LogP contribution in [0.25, 0.3) is 0 Å². The zero-order chi connectivity index (χ0) is 12.1. The van der Waals surface area contributed by atoms with Crippen molar-refractivity contribution in [2.45, 2.75) is 12.3 Å². The van der Waals surface area contributed by atoms with Gasteiger partial charge in [0, 0.05) is 22.3 Å². The van der Waals surface area contributed by atoms with E-state index in [2.05, 4.69) is 62.3 Å². The van der Waals surface area contributed by atoms with Gasteiger partial charge in [0.1, 0.15) is 0 Å². The highest BCUT2D eigenvalue weighted by atomic mass is 79.9. The molecule has 2 rings (SSSR count). The molecule has 0 bridgehead atoms. The van der Waals surface area contributed by atoms with Gasteiger partial charge in [-0.2, -0.15) is 11.3 Å². The molecule has 1 aromatic heterocycles. The Labute approximate surface area is 115 Å². The van der Waals surface area contributed by atoms with E-state index in [1.54, 1.807) is 11.3 Å². The van der Waals surface area contributed by atoms with Crippen molar-refractivity contribution < 1.29 is 0 Å².